The maximum Gasteiger partial charge on any atom is 0.297 e. The highest BCUT2D eigenvalue weighted by Crippen LogP contribution is 2.42. The van der Waals surface area contributed by atoms with Crippen molar-refractivity contribution in [2.45, 2.75) is 54.5 Å². The highest BCUT2D eigenvalue weighted by molar-refractivity contribution is 7.87. The summed E-state index contributed by atoms with van der Waals surface area (Å²) in [5.41, 5.74) is 0.666. The molecular weight excluding hydrogens is 444 g/mol. The van der Waals surface area contributed by atoms with Crippen molar-refractivity contribution in [1.29, 1.82) is 0 Å². The number of rotatable bonds is 6. The van der Waals surface area contributed by atoms with E-state index in [1.165, 1.54) is 24.3 Å². The molecule has 0 spiro atoms. The van der Waals surface area contributed by atoms with Crippen LogP contribution in [0.2, 0.25) is 0 Å². The van der Waals surface area contributed by atoms with Crippen molar-refractivity contribution in [3.8, 4) is 0 Å². The van der Waals surface area contributed by atoms with Gasteiger partial charge in [-0.3, -0.25) is 8.37 Å². The summed E-state index contributed by atoms with van der Waals surface area (Å²) in [5.74, 6) is 0. The molecule has 0 aliphatic carbocycles. The number of hydrogen-bond acceptors (Lipinski definition) is 8. The number of fused-ring (bicyclic) bond motifs is 1. The molecule has 2 aromatic rings. The van der Waals surface area contributed by atoms with E-state index < -0.39 is 44.1 Å². The van der Waals surface area contributed by atoms with E-state index in [2.05, 4.69) is 0 Å². The number of hydrogen-bond donors (Lipinski definition) is 0. The molecule has 2 aliphatic heterocycles. The average Bonchev–Trinajstić information content (AvgIpc) is 3.18. The van der Waals surface area contributed by atoms with E-state index in [4.69, 9.17) is 17.8 Å². The van der Waals surface area contributed by atoms with E-state index in [-0.39, 0.29) is 23.0 Å². The van der Waals surface area contributed by atoms with E-state index in [0.29, 0.717) is 0 Å². The van der Waals surface area contributed by atoms with Crippen LogP contribution in [0, 0.1) is 13.8 Å². The molecule has 2 saturated heterocycles. The van der Waals surface area contributed by atoms with Crippen LogP contribution in [-0.2, 0) is 38.1 Å². The Hall–Kier alpha value is -1.82. The van der Waals surface area contributed by atoms with Crippen LogP contribution in [0.15, 0.2) is 58.3 Å². The Labute approximate surface area is 182 Å². The first kappa shape index (κ1) is 22.4. The van der Waals surface area contributed by atoms with Crippen LogP contribution in [0.3, 0.4) is 0 Å². The van der Waals surface area contributed by atoms with Gasteiger partial charge in [0.2, 0.25) is 0 Å². The summed E-state index contributed by atoms with van der Waals surface area (Å²) in [4.78, 5) is 0.0531. The lowest BCUT2D eigenvalue weighted by Crippen LogP contribution is -2.46. The second-order valence-corrected chi connectivity index (χ2v) is 11.1. The fourth-order valence-corrected chi connectivity index (χ4v) is 5.94. The molecule has 4 atom stereocenters. The highest BCUT2D eigenvalue weighted by atomic mass is 32.2. The van der Waals surface area contributed by atoms with Crippen molar-refractivity contribution in [1.82, 2.24) is 0 Å². The third-order valence-corrected chi connectivity index (χ3v) is 8.33. The largest absolute Gasteiger partial charge is 0.369 e. The van der Waals surface area contributed by atoms with E-state index in [1.807, 2.05) is 13.8 Å². The molecule has 0 amide bonds. The van der Waals surface area contributed by atoms with E-state index >= 15 is 0 Å². The number of benzene rings is 2. The Morgan fingerprint density at radius 3 is 1.81 bits per heavy atom. The van der Waals surface area contributed by atoms with Gasteiger partial charge in [-0.2, -0.15) is 16.8 Å². The Morgan fingerprint density at radius 2 is 1.29 bits per heavy atom. The molecule has 2 aromatic carbocycles. The molecular formula is C21H24O8S2. The first-order chi connectivity index (χ1) is 14.5. The first-order valence-corrected chi connectivity index (χ1v) is 12.6. The SMILES string of the molecule is Cc1ccc(S(=O)(=O)O[C@@H]2CO[C@@]3(C)[C@@H]2OC[C@H]3OS(=O)(=O)c2ccc(C)cc2)cc1. The molecule has 168 valence electrons. The Balaban J connectivity index is 1.50. The molecule has 2 aliphatic rings. The molecule has 10 heteroatoms. The quantitative estimate of drug-likeness (QED) is 0.595. The zero-order valence-electron chi connectivity index (χ0n) is 17.3. The zero-order chi connectivity index (χ0) is 22.4. The lowest BCUT2D eigenvalue weighted by molar-refractivity contribution is -0.0514. The molecule has 0 saturated carbocycles. The predicted octanol–water partition coefficient (Wildman–Crippen LogP) is 2.34. The Morgan fingerprint density at radius 1 is 0.806 bits per heavy atom. The second-order valence-electron chi connectivity index (χ2n) is 8.00. The van der Waals surface area contributed by atoms with Gasteiger partial charge in [0.05, 0.1) is 23.0 Å². The molecule has 0 bridgehead atoms. The molecule has 0 unspecified atom stereocenters. The molecule has 31 heavy (non-hydrogen) atoms. The molecule has 8 nitrogen and oxygen atoms in total. The summed E-state index contributed by atoms with van der Waals surface area (Å²) in [6.07, 6.45) is -2.67. The minimum Gasteiger partial charge on any atom is -0.369 e. The van der Waals surface area contributed by atoms with Gasteiger partial charge in [-0.15, -0.1) is 0 Å². The van der Waals surface area contributed by atoms with Crippen molar-refractivity contribution in [3.63, 3.8) is 0 Å². The van der Waals surface area contributed by atoms with Crippen LogP contribution in [0.5, 0.6) is 0 Å². The molecule has 4 rings (SSSR count). The topological polar surface area (TPSA) is 105 Å². The minimum absolute atomic E-state index is 0.0258. The third-order valence-electron chi connectivity index (χ3n) is 5.64. The van der Waals surface area contributed by atoms with Gasteiger partial charge in [0.15, 0.2) is 0 Å². The lowest BCUT2D eigenvalue weighted by atomic mass is 9.95. The van der Waals surface area contributed by atoms with Crippen LogP contribution in [0.4, 0.5) is 0 Å². The smallest absolute Gasteiger partial charge is 0.297 e. The summed E-state index contributed by atoms with van der Waals surface area (Å²) in [6.45, 7) is 5.20. The van der Waals surface area contributed by atoms with Crippen molar-refractivity contribution in [3.05, 3.63) is 59.7 Å². The number of aryl methyl sites for hydroxylation is 2. The van der Waals surface area contributed by atoms with Crippen LogP contribution < -0.4 is 0 Å². The van der Waals surface area contributed by atoms with Crippen molar-refractivity contribution in [2.24, 2.45) is 0 Å². The van der Waals surface area contributed by atoms with E-state index in [9.17, 15) is 16.8 Å². The monoisotopic (exact) mass is 468 g/mol. The van der Waals surface area contributed by atoms with Crippen LogP contribution in [-0.4, -0.2) is 54.0 Å². The van der Waals surface area contributed by atoms with Crippen molar-refractivity contribution in [2.75, 3.05) is 13.2 Å². The molecule has 0 aromatic heterocycles. The maximum atomic E-state index is 12.7. The average molecular weight is 469 g/mol. The van der Waals surface area contributed by atoms with Crippen LogP contribution >= 0.6 is 0 Å². The highest BCUT2D eigenvalue weighted by Gasteiger charge is 2.60. The summed E-state index contributed by atoms with van der Waals surface area (Å²) < 4.78 is 73.0. The summed E-state index contributed by atoms with van der Waals surface area (Å²) in [5, 5.41) is 0. The maximum absolute atomic E-state index is 12.7. The van der Waals surface area contributed by atoms with Gasteiger partial charge in [0.25, 0.3) is 20.2 Å². The summed E-state index contributed by atoms with van der Waals surface area (Å²) in [6, 6.07) is 12.6. The molecule has 0 radical (unpaired) electrons. The second kappa shape index (κ2) is 7.95. The summed E-state index contributed by atoms with van der Waals surface area (Å²) >= 11 is 0. The molecule has 2 fully saturated rings. The van der Waals surface area contributed by atoms with Gasteiger partial charge in [0, 0.05) is 0 Å². The van der Waals surface area contributed by atoms with Gasteiger partial charge < -0.3 is 9.47 Å². The van der Waals surface area contributed by atoms with Gasteiger partial charge in [0.1, 0.15) is 23.9 Å². The van der Waals surface area contributed by atoms with Gasteiger partial charge in [-0.05, 0) is 45.0 Å². The predicted molar refractivity (Wildman–Crippen MR) is 111 cm³/mol. The van der Waals surface area contributed by atoms with Crippen LogP contribution in [0.1, 0.15) is 18.1 Å². The van der Waals surface area contributed by atoms with Gasteiger partial charge in [-0.25, -0.2) is 0 Å². The normalized spacial score (nSPS) is 28.5. The lowest BCUT2D eigenvalue weighted by Gasteiger charge is -2.28. The van der Waals surface area contributed by atoms with Crippen molar-refractivity contribution >= 4 is 20.2 Å². The standard InChI is InChI=1S/C21H24O8S2/c1-14-4-8-16(9-5-14)30(22,23)28-18-12-27-21(3)19(13-26-20(18)21)29-31(24,25)17-10-6-15(2)7-11-17/h4-11,18-20H,12-13H2,1-3H3/t18-,19-,20-,21-/m1/s1. The van der Waals surface area contributed by atoms with E-state index in [1.54, 1.807) is 31.2 Å². The summed E-state index contributed by atoms with van der Waals surface area (Å²) in [7, 11) is -8.10. The fraction of sp³-hybridized carbons (Fsp3) is 0.429. The van der Waals surface area contributed by atoms with Gasteiger partial charge >= 0.3 is 0 Å². The van der Waals surface area contributed by atoms with E-state index in [0.717, 1.165) is 11.1 Å². The first-order valence-electron chi connectivity index (χ1n) is 9.77. The zero-order valence-corrected chi connectivity index (χ0v) is 19.0. The van der Waals surface area contributed by atoms with Gasteiger partial charge in [-0.1, -0.05) is 35.4 Å². The third kappa shape index (κ3) is 4.28. The minimum atomic E-state index is -4.06. The van der Waals surface area contributed by atoms with Crippen LogP contribution in [0.25, 0.3) is 0 Å². The Bertz CT molecular complexity index is 1160. The van der Waals surface area contributed by atoms with Crippen molar-refractivity contribution < 1.29 is 34.7 Å². The molecule has 2 heterocycles. The number of ether oxygens (including phenoxy) is 2. The molecule has 0 N–H and O–H groups in total. The fourth-order valence-electron chi connectivity index (χ4n) is 3.74. The Kier molecular flexibility index (Phi) is 5.74.